The zero-order valence-electron chi connectivity index (χ0n) is 22.8. The molecule has 0 saturated carbocycles. The highest BCUT2D eigenvalue weighted by atomic mass is 31.1. The van der Waals surface area contributed by atoms with Crippen LogP contribution in [0.5, 0.6) is 0 Å². The van der Waals surface area contributed by atoms with Gasteiger partial charge >= 0.3 is 0 Å². The molecule has 1 atom stereocenters. The van der Waals surface area contributed by atoms with Gasteiger partial charge in [-0.2, -0.15) is 0 Å². The van der Waals surface area contributed by atoms with Gasteiger partial charge in [-0.1, -0.05) is 84.0 Å². The number of non-ortho nitro benzene ring substituents is 1. The fourth-order valence-corrected chi connectivity index (χ4v) is 5.44. The molecule has 204 valence electrons. The minimum absolute atomic E-state index is 0.117. The van der Waals surface area contributed by atoms with Crippen molar-refractivity contribution in [2.75, 3.05) is 33.0 Å². The molecule has 0 bridgehead atoms. The van der Waals surface area contributed by atoms with Crippen LogP contribution in [0.25, 0.3) is 0 Å². The number of benzene rings is 1. The predicted molar refractivity (Wildman–Crippen MR) is 149 cm³/mol. The standard InChI is InChI=1S/C27H46N3O5P/c1-5-6-7-8-9-10-11-12-13-14-15-16-17-18-26(31)28-24-21-23(29(33)34)19-20-25(24)36(35)27(32)22-30(2,3)4/h19-21,35H,5-18,22H2,1-4H3/p+1. The van der Waals surface area contributed by atoms with Gasteiger partial charge in [0, 0.05) is 23.9 Å². The van der Waals surface area contributed by atoms with E-state index < -0.39 is 13.1 Å². The molecule has 8 nitrogen and oxygen atoms in total. The van der Waals surface area contributed by atoms with E-state index in [1.165, 1.54) is 82.4 Å². The van der Waals surface area contributed by atoms with E-state index in [0.29, 0.717) is 10.9 Å². The SMILES string of the molecule is CCCCCCCCCCCCCCCC(=O)Nc1cc([N+](=O)[O-])ccc1P(O)C(=O)C[N+](C)(C)C. The first kappa shape index (κ1) is 32.1. The van der Waals surface area contributed by atoms with E-state index in [-0.39, 0.29) is 34.7 Å². The molecule has 0 aromatic heterocycles. The van der Waals surface area contributed by atoms with Crippen LogP contribution in [0.2, 0.25) is 0 Å². The zero-order chi connectivity index (χ0) is 27.0. The third kappa shape index (κ3) is 14.0. The van der Waals surface area contributed by atoms with Gasteiger partial charge < -0.3 is 14.7 Å². The third-order valence-corrected chi connectivity index (χ3v) is 7.51. The summed E-state index contributed by atoms with van der Waals surface area (Å²) >= 11 is 0. The first-order valence-corrected chi connectivity index (χ1v) is 14.7. The molecule has 36 heavy (non-hydrogen) atoms. The molecule has 1 unspecified atom stereocenters. The van der Waals surface area contributed by atoms with Crippen LogP contribution in [0.4, 0.5) is 11.4 Å². The molecule has 0 spiro atoms. The van der Waals surface area contributed by atoms with Gasteiger partial charge in [-0.05, 0) is 12.5 Å². The number of nitro groups is 1. The third-order valence-electron chi connectivity index (χ3n) is 6.05. The molecule has 0 heterocycles. The monoisotopic (exact) mass is 524 g/mol. The van der Waals surface area contributed by atoms with E-state index >= 15 is 0 Å². The number of carbonyl (C=O) groups is 2. The van der Waals surface area contributed by atoms with Crippen molar-refractivity contribution in [1.29, 1.82) is 0 Å². The van der Waals surface area contributed by atoms with Crippen LogP contribution < -0.4 is 10.6 Å². The smallest absolute Gasteiger partial charge is 0.271 e. The van der Waals surface area contributed by atoms with Gasteiger partial charge in [0.25, 0.3) is 5.69 Å². The van der Waals surface area contributed by atoms with Crippen LogP contribution in [-0.2, 0) is 9.59 Å². The van der Waals surface area contributed by atoms with Gasteiger partial charge in [0.05, 0.1) is 31.8 Å². The number of hydrogen-bond donors (Lipinski definition) is 2. The molecular formula is C27H47N3O5P+. The summed E-state index contributed by atoms with van der Waals surface area (Å²) in [6.07, 6.45) is 16.1. The summed E-state index contributed by atoms with van der Waals surface area (Å²) in [5.41, 5.74) is -0.400. The van der Waals surface area contributed by atoms with Crippen molar-refractivity contribution in [2.45, 2.75) is 96.8 Å². The fraction of sp³-hybridized carbons (Fsp3) is 0.704. The van der Waals surface area contributed by atoms with Gasteiger partial charge in [0.15, 0.2) is 0 Å². The minimum atomic E-state index is -2.21. The van der Waals surface area contributed by atoms with Crippen LogP contribution in [-0.4, -0.2) is 53.4 Å². The van der Waals surface area contributed by atoms with Crippen molar-refractivity contribution in [1.82, 2.24) is 0 Å². The Hall–Kier alpha value is -1.89. The number of anilines is 1. The quantitative estimate of drug-likeness (QED) is 0.0688. The molecular weight excluding hydrogens is 477 g/mol. The Balaban J connectivity index is 2.44. The number of likely N-dealkylation sites (N-methyl/N-ethyl adjacent to an activating group) is 1. The molecule has 1 aromatic rings. The highest BCUT2D eigenvalue weighted by Crippen LogP contribution is 2.35. The van der Waals surface area contributed by atoms with E-state index in [1.807, 2.05) is 21.1 Å². The molecule has 0 aliphatic carbocycles. The molecule has 0 saturated heterocycles. The number of nitrogens with one attached hydrogen (secondary N) is 1. The topological polar surface area (TPSA) is 110 Å². The fourth-order valence-electron chi connectivity index (χ4n) is 4.05. The lowest BCUT2D eigenvalue weighted by atomic mass is 10.0. The molecule has 1 amide bonds. The molecule has 2 N–H and O–H groups in total. The molecule has 1 aromatic carbocycles. The lowest BCUT2D eigenvalue weighted by molar-refractivity contribution is -0.861. The summed E-state index contributed by atoms with van der Waals surface area (Å²) < 4.78 is 0.353. The highest BCUT2D eigenvalue weighted by Gasteiger charge is 2.27. The summed E-state index contributed by atoms with van der Waals surface area (Å²) in [6, 6.07) is 3.85. The van der Waals surface area contributed by atoms with Gasteiger partial charge in [0.1, 0.15) is 14.7 Å². The van der Waals surface area contributed by atoms with E-state index in [9.17, 15) is 24.6 Å². The minimum Gasteiger partial charge on any atom is -0.362 e. The molecule has 0 fully saturated rings. The Morgan fingerprint density at radius 1 is 0.917 bits per heavy atom. The Labute approximate surface area is 218 Å². The maximum Gasteiger partial charge on any atom is 0.271 e. The maximum absolute atomic E-state index is 12.5. The van der Waals surface area contributed by atoms with Gasteiger partial charge in [-0.25, -0.2) is 0 Å². The van der Waals surface area contributed by atoms with E-state index in [2.05, 4.69) is 12.2 Å². The maximum atomic E-state index is 12.5. The highest BCUT2D eigenvalue weighted by molar-refractivity contribution is 7.76. The van der Waals surface area contributed by atoms with Crippen molar-refractivity contribution < 1.29 is 23.9 Å². The molecule has 9 heteroatoms. The summed E-state index contributed by atoms with van der Waals surface area (Å²) in [6.45, 7) is 2.36. The molecule has 0 radical (unpaired) electrons. The van der Waals surface area contributed by atoms with Crippen molar-refractivity contribution in [3.63, 3.8) is 0 Å². The van der Waals surface area contributed by atoms with Crippen molar-refractivity contribution in [2.24, 2.45) is 0 Å². The lowest BCUT2D eigenvalue weighted by Crippen LogP contribution is -2.39. The van der Waals surface area contributed by atoms with Crippen LogP contribution in [0.3, 0.4) is 0 Å². The molecule has 0 aliphatic rings. The summed E-state index contributed by atoms with van der Waals surface area (Å²) in [5, 5.41) is 14.2. The Morgan fingerprint density at radius 2 is 1.42 bits per heavy atom. The average Bonchev–Trinajstić information content (AvgIpc) is 2.80. The number of rotatable bonds is 20. The van der Waals surface area contributed by atoms with E-state index in [1.54, 1.807) is 0 Å². The Kier molecular flexibility index (Phi) is 15.7. The first-order chi connectivity index (χ1) is 17.0. The van der Waals surface area contributed by atoms with Gasteiger partial charge in [-0.15, -0.1) is 0 Å². The number of unbranched alkanes of at least 4 members (excludes halogenated alkanes) is 12. The second kappa shape index (κ2) is 17.5. The van der Waals surface area contributed by atoms with Crippen LogP contribution in [0.15, 0.2) is 18.2 Å². The Bertz CT molecular complexity index is 826. The summed E-state index contributed by atoms with van der Waals surface area (Å²) in [5.74, 6) is -0.262. The predicted octanol–water partition coefficient (Wildman–Crippen LogP) is 6.26. The van der Waals surface area contributed by atoms with Crippen molar-refractivity contribution in [3.05, 3.63) is 28.3 Å². The lowest BCUT2D eigenvalue weighted by Gasteiger charge is -2.24. The number of nitrogens with zero attached hydrogens (tertiary/aromatic N) is 2. The normalized spacial score (nSPS) is 12.4. The average molecular weight is 525 g/mol. The molecule has 0 aliphatic heterocycles. The largest absolute Gasteiger partial charge is 0.362 e. The van der Waals surface area contributed by atoms with Crippen molar-refractivity contribution in [3.8, 4) is 0 Å². The number of hydrogen-bond acceptors (Lipinski definition) is 5. The second-order valence-corrected chi connectivity index (χ2v) is 12.3. The second-order valence-electron chi connectivity index (χ2n) is 10.7. The zero-order valence-corrected chi connectivity index (χ0v) is 23.7. The van der Waals surface area contributed by atoms with Crippen LogP contribution in [0.1, 0.15) is 96.8 Å². The number of amides is 1. The summed E-state index contributed by atoms with van der Waals surface area (Å²) in [7, 11) is 3.32. The van der Waals surface area contributed by atoms with Crippen molar-refractivity contribution >= 4 is 36.3 Å². The van der Waals surface area contributed by atoms with Gasteiger partial charge in [-0.3, -0.25) is 19.7 Å². The van der Waals surface area contributed by atoms with Crippen LogP contribution >= 0.6 is 8.15 Å². The summed E-state index contributed by atoms with van der Waals surface area (Å²) in [4.78, 5) is 46.4. The van der Waals surface area contributed by atoms with Crippen LogP contribution in [0, 0.1) is 10.1 Å². The first-order valence-electron chi connectivity index (χ1n) is 13.5. The molecule has 1 rings (SSSR count). The number of carbonyl (C=O) groups excluding carboxylic acids is 2. The van der Waals surface area contributed by atoms with Gasteiger partial charge in [0.2, 0.25) is 11.4 Å². The number of nitro benzene ring substituents is 1. The number of quaternary nitrogens is 1. The van der Waals surface area contributed by atoms with E-state index in [0.717, 1.165) is 19.3 Å². The van der Waals surface area contributed by atoms with E-state index in [4.69, 9.17) is 0 Å². The Morgan fingerprint density at radius 3 is 1.89 bits per heavy atom.